The van der Waals surface area contributed by atoms with E-state index in [4.69, 9.17) is 12.2 Å². The largest absolute Gasteiger partial charge is 0.349 e. The lowest BCUT2D eigenvalue weighted by Crippen LogP contribution is -2.43. The maximum atomic E-state index is 11.4. The van der Waals surface area contributed by atoms with E-state index in [2.05, 4.69) is 11.2 Å². The molecule has 0 aromatic rings. The molecule has 0 rings (SSSR count). The van der Waals surface area contributed by atoms with Gasteiger partial charge in [0.1, 0.15) is 0 Å². The van der Waals surface area contributed by atoms with Gasteiger partial charge in [-0.15, -0.1) is 6.42 Å². The lowest BCUT2D eigenvalue weighted by atomic mass is 10.1. The minimum absolute atomic E-state index is 0.0454. The fraction of sp³-hybridized carbons (Fsp3) is 0.700. The van der Waals surface area contributed by atoms with Crippen molar-refractivity contribution in [3.05, 3.63) is 0 Å². The molecule has 3 N–H and O–H groups in total. The van der Waals surface area contributed by atoms with Crippen LogP contribution in [0.3, 0.4) is 0 Å². The van der Waals surface area contributed by atoms with Crippen LogP contribution in [0.5, 0.6) is 0 Å². The van der Waals surface area contributed by atoms with Crippen LogP contribution in [0.15, 0.2) is 0 Å². The monoisotopic (exact) mass is 197 g/mol. The molecule has 0 saturated carbocycles. The molecule has 1 amide bonds. The Morgan fingerprint density at radius 3 is 2.57 bits per heavy atom. The summed E-state index contributed by atoms with van der Waals surface area (Å²) in [5.74, 6) is 2.59. The number of nitrogens with one attached hydrogen (secondary N) is 1. The second kappa shape index (κ2) is 6.41. The van der Waals surface area contributed by atoms with Crippen LogP contribution in [0.4, 0.5) is 0 Å². The summed E-state index contributed by atoms with van der Waals surface area (Å²) in [6.07, 6.45) is 5.60. The highest BCUT2D eigenvalue weighted by molar-refractivity contribution is 5.76. The smallest absolute Gasteiger partial charge is 0.223 e. The fourth-order valence-corrected chi connectivity index (χ4v) is 1.01. The topological polar surface area (TPSA) is 58.4 Å². The molecule has 0 aliphatic rings. The van der Waals surface area contributed by atoms with Crippen LogP contribution >= 0.6 is 0 Å². The van der Waals surface area contributed by atoms with Crippen molar-refractivity contribution in [1.29, 1.82) is 0 Å². The summed E-state index contributed by atoms with van der Waals surface area (Å²) >= 11 is 0. The zero-order valence-corrected chi connectivity index (χ0v) is 9.08. The Hall–Kier alpha value is -1.05. The van der Waals surface area contributed by atoms with Crippen molar-refractivity contribution < 1.29 is 4.79 Å². The van der Waals surface area contributed by atoms with Crippen molar-refractivity contribution in [1.82, 2.24) is 10.2 Å². The van der Waals surface area contributed by atoms with Gasteiger partial charge in [0, 0.05) is 33.1 Å². The quantitative estimate of drug-likeness (QED) is 0.579. The number of hydrogen-bond donors (Lipinski definition) is 2. The van der Waals surface area contributed by atoms with Gasteiger partial charge in [-0.3, -0.25) is 10.1 Å². The highest BCUT2D eigenvalue weighted by Crippen LogP contribution is 1.95. The normalized spacial score (nSPS) is 14.2. The molecule has 4 nitrogen and oxygen atoms in total. The van der Waals surface area contributed by atoms with Crippen LogP contribution in [0.1, 0.15) is 13.3 Å². The van der Waals surface area contributed by atoms with E-state index in [1.165, 1.54) is 0 Å². The van der Waals surface area contributed by atoms with Gasteiger partial charge < -0.3 is 10.6 Å². The van der Waals surface area contributed by atoms with Gasteiger partial charge in [0.25, 0.3) is 0 Å². The first kappa shape index (κ1) is 12.9. The molecule has 0 spiro atoms. The molecule has 14 heavy (non-hydrogen) atoms. The molecule has 0 saturated heterocycles. The first-order chi connectivity index (χ1) is 6.51. The van der Waals surface area contributed by atoms with E-state index < -0.39 is 0 Å². The summed E-state index contributed by atoms with van der Waals surface area (Å²) in [7, 11) is 3.45. The second-order valence-electron chi connectivity index (χ2n) is 3.48. The predicted octanol–water partition coefficient (Wildman–Crippen LogP) is -0.597. The zero-order chi connectivity index (χ0) is 11.1. The number of nitrogens with zero attached hydrogens (tertiary/aromatic N) is 1. The maximum Gasteiger partial charge on any atom is 0.223 e. The second-order valence-corrected chi connectivity index (χ2v) is 3.48. The standard InChI is InChI=1S/C10H19N3O/c1-5-8(2)12-9(7-11)6-10(14)13(3)4/h1,8-9,12H,6-7,11H2,2-4H3. The molecule has 0 aliphatic carbocycles. The zero-order valence-electron chi connectivity index (χ0n) is 9.08. The Morgan fingerprint density at radius 2 is 2.21 bits per heavy atom. The number of rotatable bonds is 5. The maximum absolute atomic E-state index is 11.4. The lowest BCUT2D eigenvalue weighted by Gasteiger charge is -2.20. The molecule has 80 valence electrons. The Morgan fingerprint density at radius 1 is 1.64 bits per heavy atom. The summed E-state index contributed by atoms with van der Waals surface area (Å²) in [5.41, 5.74) is 5.52. The van der Waals surface area contributed by atoms with Crippen molar-refractivity contribution >= 4 is 5.91 Å². The number of nitrogens with two attached hydrogens (primary N) is 1. The van der Waals surface area contributed by atoms with Crippen LogP contribution in [-0.2, 0) is 4.79 Å². The molecule has 0 aliphatic heterocycles. The number of carbonyl (C=O) groups excluding carboxylic acids is 1. The third-order valence-corrected chi connectivity index (χ3v) is 1.94. The van der Waals surface area contributed by atoms with E-state index >= 15 is 0 Å². The SMILES string of the molecule is C#CC(C)NC(CN)CC(=O)N(C)C. The van der Waals surface area contributed by atoms with E-state index in [0.717, 1.165) is 0 Å². The molecule has 0 heterocycles. The van der Waals surface area contributed by atoms with Gasteiger partial charge in [-0.05, 0) is 6.92 Å². The first-order valence-corrected chi connectivity index (χ1v) is 4.63. The number of amides is 1. The van der Waals surface area contributed by atoms with Crippen molar-refractivity contribution in [2.75, 3.05) is 20.6 Å². The van der Waals surface area contributed by atoms with Gasteiger partial charge in [-0.2, -0.15) is 0 Å². The average Bonchev–Trinajstić information content (AvgIpc) is 2.16. The number of carbonyl (C=O) groups is 1. The van der Waals surface area contributed by atoms with Crippen LogP contribution in [-0.4, -0.2) is 43.5 Å². The summed E-state index contributed by atoms with van der Waals surface area (Å²) in [5, 5.41) is 3.09. The molecular weight excluding hydrogens is 178 g/mol. The molecule has 0 bridgehead atoms. The Bertz CT molecular complexity index is 220. The predicted molar refractivity (Wildman–Crippen MR) is 57.6 cm³/mol. The van der Waals surface area contributed by atoms with Gasteiger partial charge in [0.2, 0.25) is 5.91 Å². The molecule has 0 aromatic heterocycles. The fourth-order valence-electron chi connectivity index (χ4n) is 1.01. The minimum atomic E-state index is -0.0569. The summed E-state index contributed by atoms with van der Waals surface area (Å²) in [4.78, 5) is 12.9. The third-order valence-electron chi connectivity index (χ3n) is 1.94. The van der Waals surface area contributed by atoms with E-state index in [9.17, 15) is 4.79 Å². The molecular formula is C10H19N3O. The molecule has 0 fully saturated rings. The van der Waals surface area contributed by atoms with Gasteiger partial charge >= 0.3 is 0 Å². The van der Waals surface area contributed by atoms with Crippen LogP contribution in [0, 0.1) is 12.3 Å². The van der Waals surface area contributed by atoms with Crippen molar-refractivity contribution in [3.8, 4) is 12.3 Å². The Kier molecular flexibility index (Phi) is 5.93. The van der Waals surface area contributed by atoms with Crippen molar-refractivity contribution in [2.45, 2.75) is 25.4 Å². The summed E-state index contributed by atoms with van der Waals surface area (Å²) < 4.78 is 0. The van der Waals surface area contributed by atoms with Crippen molar-refractivity contribution in [2.24, 2.45) is 5.73 Å². The molecule has 4 heteroatoms. The minimum Gasteiger partial charge on any atom is -0.349 e. The number of hydrogen-bond acceptors (Lipinski definition) is 3. The molecule has 0 aromatic carbocycles. The molecule has 2 unspecified atom stereocenters. The first-order valence-electron chi connectivity index (χ1n) is 4.63. The van der Waals surface area contributed by atoms with Gasteiger partial charge in [0.05, 0.1) is 6.04 Å². The highest BCUT2D eigenvalue weighted by atomic mass is 16.2. The average molecular weight is 197 g/mol. The lowest BCUT2D eigenvalue weighted by molar-refractivity contribution is -0.129. The van der Waals surface area contributed by atoms with Gasteiger partial charge in [-0.1, -0.05) is 5.92 Å². The molecule has 0 radical (unpaired) electrons. The van der Waals surface area contributed by atoms with E-state index in [0.29, 0.717) is 13.0 Å². The van der Waals surface area contributed by atoms with Crippen LogP contribution in [0.25, 0.3) is 0 Å². The Balaban J connectivity index is 4.04. The summed E-state index contributed by atoms with van der Waals surface area (Å²) in [6, 6.07) is -0.102. The van der Waals surface area contributed by atoms with Gasteiger partial charge in [0.15, 0.2) is 0 Å². The molecule has 2 atom stereocenters. The van der Waals surface area contributed by atoms with E-state index in [1.807, 2.05) is 6.92 Å². The highest BCUT2D eigenvalue weighted by Gasteiger charge is 2.14. The van der Waals surface area contributed by atoms with Crippen LogP contribution in [0.2, 0.25) is 0 Å². The van der Waals surface area contributed by atoms with Crippen molar-refractivity contribution in [3.63, 3.8) is 0 Å². The van der Waals surface area contributed by atoms with Gasteiger partial charge in [-0.25, -0.2) is 0 Å². The van der Waals surface area contributed by atoms with Crippen LogP contribution < -0.4 is 11.1 Å². The third kappa shape index (κ3) is 4.85. The van der Waals surface area contributed by atoms with E-state index in [-0.39, 0.29) is 18.0 Å². The number of terminal acetylenes is 1. The summed E-state index contributed by atoms with van der Waals surface area (Å²) in [6.45, 7) is 2.27. The Labute approximate surface area is 85.8 Å². The van der Waals surface area contributed by atoms with E-state index in [1.54, 1.807) is 19.0 Å².